The number of carbonyl (C=O) groups excluding carboxylic acids is 1. The van der Waals surface area contributed by atoms with E-state index in [1.165, 1.54) is 180 Å². The minimum absolute atomic E-state index is 0.0523. The molecule has 4 nitrogen and oxygen atoms in total. The Bertz CT molecular complexity index is 1190. The van der Waals surface area contributed by atoms with Gasteiger partial charge in [0.05, 0.1) is 5.70 Å². The molecule has 0 aromatic rings. The molecule has 0 spiro atoms. The summed E-state index contributed by atoms with van der Waals surface area (Å²) in [6, 6.07) is 1.20. The lowest BCUT2D eigenvalue weighted by atomic mass is 9.62. The normalized spacial score (nSPS) is 45.9. The first kappa shape index (κ1) is 33.6. The SMILES string of the molecule is CC(=O)OC1=C(C2CCCC3CCCCC32)N(C2CCCC3CCCCC32)C(C2CCCC3CCCCC32)N1C1CCCC2CCCCC21. The van der Waals surface area contributed by atoms with Gasteiger partial charge in [-0.3, -0.25) is 4.79 Å². The van der Waals surface area contributed by atoms with E-state index in [2.05, 4.69) is 9.80 Å². The van der Waals surface area contributed by atoms with Crippen LogP contribution in [0.15, 0.2) is 11.6 Å². The fourth-order valence-electron chi connectivity index (χ4n) is 15.5. The van der Waals surface area contributed by atoms with Crippen molar-refractivity contribution >= 4 is 5.97 Å². The summed E-state index contributed by atoms with van der Waals surface area (Å²) in [6.45, 7) is 1.74. The van der Waals surface area contributed by atoms with Gasteiger partial charge in [-0.05, 0) is 98.7 Å². The molecule has 9 aliphatic rings. The molecule has 0 bridgehead atoms. The van der Waals surface area contributed by atoms with Gasteiger partial charge in [0, 0.05) is 30.8 Å². The molecule has 274 valence electrons. The molecule has 4 heteroatoms. The highest BCUT2D eigenvalue weighted by molar-refractivity contribution is 5.67. The van der Waals surface area contributed by atoms with Gasteiger partial charge in [-0.25, -0.2) is 0 Å². The molecule has 8 aliphatic carbocycles. The molecule has 9 rings (SSSR count). The van der Waals surface area contributed by atoms with Gasteiger partial charge in [0.25, 0.3) is 0 Å². The summed E-state index contributed by atoms with van der Waals surface area (Å²) in [6.07, 6.45) is 40.2. The smallest absolute Gasteiger partial charge is 0.309 e. The quantitative estimate of drug-likeness (QED) is 0.272. The zero-order valence-electron chi connectivity index (χ0n) is 31.5. The van der Waals surface area contributed by atoms with E-state index in [4.69, 9.17) is 4.74 Å². The second-order valence-corrected chi connectivity index (χ2v) is 19.5. The molecular weight excluding hydrogens is 601 g/mol. The Morgan fingerprint density at radius 1 is 0.449 bits per heavy atom. The highest BCUT2D eigenvalue weighted by Gasteiger charge is 2.58. The van der Waals surface area contributed by atoms with Crippen LogP contribution in [0.25, 0.3) is 0 Å². The molecule has 8 fully saturated rings. The fourth-order valence-corrected chi connectivity index (χ4v) is 15.5. The lowest BCUT2D eigenvalue weighted by Gasteiger charge is -2.57. The van der Waals surface area contributed by atoms with Crippen molar-refractivity contribution in [2.75, 3.05) is 0 Å². The van der Waals surface area contributed by atoms with Gasteiger partial charge in [-0.15, -0.1) is 0 Å². The molecule has 1 aliphatic heterocycles. The Labute approximate surface area is 300 Å². The first-order chi connectivity index (χ1) is 24.2. The number of hydrogen-bond acceptors (Lipinski definition) is 4. The third kappa shape index (κ3) is 6.23. The number of rotatable bonds is 5. The van der Waals surface area contributed by atoms with Gasteiger partial charge in [0.15, 0.2) is 0 Å². The van der Waals surface area contributed by atoms with E-state index in [0.29, 0.717) is 24.2 Å². The van der Waals surface area contributed by atoms with Gasteiger partial charge in [-0.2, -0.15) is 0 Å². The van der Waals surface area contributed by atoms with Crippen LogP contribution >= 0.6 is 0 Å². The Hall–Kier alpha value is -1.19. The molecule has 0 saturated heterocycles. The molecule has 1 heterocycles. The van der Waals surface area contributed by atoms with Crippen molar-refractivity contribution in [3.05, 3.63) is 11.6 Å². The van der Waals surface area contributed by atoms with Crippen LogP contribution in [0, 0.1) is 59.2 Å². The molecule has 0 aromatic carbocycles. The number of fused-ring (bicyclic) bond motifs is 4. The Morgan fingerprint density at radius 2 is 0.857 bits per heavy atom. The van der Waals surface area contributed by atoms with Crippen molar-refractivity contribution < 1.29 is 9.53 Å². The maximum absolute atomic E-state index is 13.5. The largest absolute Gasteiger partial charge is 0.408 e. The van der Waals surface area contributed by atoms with Crippen molar-refractivity contribution in [2.45, 2.75) is 205 Å². The maximum Gasteiger partial charge on any atom is 0.309 e. The summed E-state index contributed by atoms with van der Waals surface area (Å²) in [5.74, 6) is 9.28. The van der Waals surface area contributed by atoms with Gasteiger partial charge >= 0.3 is 5.97 Å². The number of ether oxygens (including phenoxy) is 1. The lowest BCUT2D eigenvalue weighted by molar-refractivity contribution is -0.143. The molecule has 0 amide bonds. The molecule has 0 N–H and O–H groups in total. The van der Waals surface area contributed by atoms with Gasteiger partial charge in [-0.1, -0.05) is 128 Å². The van der Waals surface area contributed by atoms with Crippen LogP contribution < -0.4 is 0 Å². The molecular formula is C45H72N2O2. The van der Waals surface area contributed by atoms with E-state index in [-0.39, 0.29) is 5.97 Å². The minimum Gasteiger partial charge on any atom is -0.408 e. The molecule has 0 aromatic heterocycles. The molecule has 8 saturated carbocycles. The topological polar surface area (TPSA) is 32.8 Å². The summed E-state index contributed by atoms with van der Waals surface area (Å²) in [4.78, 5) is 19.8. The van der Waals surface area contributed by atoms with Gasteiger partial charge < -0.3 is 14.5 Å². The number of carbonyl (C=O) groups is 1. The average molecular weight is 673 g/mol. The van der Waals surface area contributed by atoms with Crippen molar-refractivity contribution in [2.24, 2.45) is 59.2 Å². The van der Waals surface area contributed by atoms with Crippen LogP contribution in [0.4, 0.5) is 0 Å². The fraction of sp³-hybridized carbons (Fsp3) is 0.933. The van der Waals surface area contributed by atoms with Crippen LogP contribution in [0.5, 0.6) is 0 Å². The van der Waals surface area contributed by atoms with E-state index < -0.39 is 0 Å². The van der Waals surface area contributed by atoms with Crippen molar-refractivity contribution in [1.29, 1.82) is 0 Å². The van der Waals surface area contributed by atoms with E-state index in [1.54, 1.807) is 12.6 Å². The van der Waals surface area contributed by atoms with Crippen LogP contribution in [0.1, 0.15) is 187 Å². The van der Waals surface area contributed by atoms with E-state index >= 15 is 0 Å². The standard InChI is InChI=1S/C45H72N2O2/c1-30(48)49-45-43(39-26-10-18-31-14-2-6-22-35(31)39)46(41-28-12-20-33-16-4-8-24-37(33)41)44(40-27-11-19-32-15-3-7-23-36(32)40)47(45)42-29-13-21-34-17-5-9-25-38(34)42/h31-42,44H,2-29H2,1H3. The van der Waals surface area contributed by atoms with Crippen LogP contribution in [0.2, 0.25) is 0 Å². The highest BCUT2D eigenvalue weighted by Crippen LogP contribution is 2.59. The Kier molecular flexibility index (Phi) is 10.1. The van der Waals surface area contributed by atoms with E-state index in [9.17, 15) is 4.79 Å². The predicted molar refractivity (Wildman–Crippen MR) is 198 cm³/mol. The molecule has 49 heavy (non-hydrogen) atoms. The van der Waals surface area contributed by atoms with E-state index in [1.807, 2.05) is 0 Å². The monoisotopic (exact) mass is 673 g/mol. The summed E-state index contributed by atoms with van der Waals surface area (Å²) in [5, 5.41) is 0. The second-order valence-electron chi connectivity index (χ2n) is 19.5. The molecule has 13 atom stereocenters. The summed E-state index contributed by atoms with van der Waals surface area (Å²) >= 11 is 0. The number of hydrogen-bond donors (Lipinski definition) is 0. The van der Waals surface area contributed by atoms with Crippen LogP contribution in [-0.4, -0.2) is 34.0 Å². The van der Waals surface area contributed by atoms with Gasteiger partial charge in [0.2, 0.25) is 5.88 Å². The number of allylic oxidation sites excluding steroid dienone is 1. The predicted octanol–water partition coefficient (Wildman–Crippen LogP) is 11.6. The molecule has 0 radical (unpaired) electrons. The van der Waals surface area contributed by atoms with Crippen molar-refractivity contribution in [1.82, 2.24) is 9.80 Å². The number of esters is 1. The van der Waals surface area contributed by atoms with E-state index in [0.717, 1.165) is 59.1 Å². The van der Waals surface area contributed by atoms with Gasteiger partial charge in [0.1, 0.15) is 6.17 Å². The first-order valence-corrected chi connectivity index (χ1v) is 22.7. The second kappa shape index (κ2) is 14.7. The summed E-state index contributed by atoms with van der Waals surface area (Å²) < 4.78 is 6.94. The van der Waals surface area contributed by atoms with Crippen molar-refractivity contribution in [3.63, 3.8) is 0 Å². The first-order valence-electron chi connectivity index (χ1n) is 22.7. The summed E-state index contributed by atoms with van der Waals surface area (Å²) in [5.41, 5.74) is 1.61. The Balaban J connectivity index is 1.23. The van der Waals surface area contributed by atoms with Crippen LogP contribution in [0.3, 0.4) is 0 Å². The third-order valence-electron chi connectivity index (χ3n) is 17.3. The highest BCUT2D eigenvalue weighted by atomic mass is 16.6. The minimum atomic E-state index is -0.0523. The zero-order chi connectivity index (χ0) is 32.9. The molecule has 13 unspecified atom stereocenters. The lowest BCUT2D eigenvalue weighted by Crippen LogP contribution is -2.60. The third-order valence-corrected chi connectivity index (χ3v) is 17.3. The van der Waals surface area contributed by atoms with Crippen LogP contribution in [-0.2, 0) is 9.53 Å². The summed E-state index contributed by atoms with van der Waals surface area (Å²) in [7, 11) is 0. The van der Waals surface area contributed by atoms with Crippen molar-refractivity contribution in [3.8, 4) is 0 Å². The average Bonchev–Trinajstić information content (AvgIpc) is 3.46. The number of nitrogens with zero attached hydrogens (tertiary/aromatic N) is 2. The Morgan fingerprint density at radius 3 is 1.45 bits per heavy atom. The maximum atomic E-state index is 13.5. The zero-order valence-corrected chi connectivity index (χ0v) is 31.5.